The normalized spacial score (nSPS) is 11.9. The molecule has 0 aliphatic carbocycles. The lowest BCUT2D eigenvalue weighted by molar-refractivity contribution is 0.0929. The number of aromatic nitrogens is 2. The molecule has 0 bridgehead atoms. The molecule has 1 aromatic heterocycles. The maximum atomic E-state index is 12.6. The predicted octanol–water partition coefficient (Wildman–Crippen LogP) is 3.85. The van der Waals surface area contributed by atoms with Crippen molar-refractivity contribution in [2.75, 3.05) is 0 Å². The Kier molecular flexibility index (Phi) is 5.05. The fraction of sp³-hybridized carbons (Fsp3) is 0.167. The molecule has 0 saturated heterocycles. The maximum Gasteiger partial charge on any atom is 0.253 e. The van der Waals surface area contributed by atoms with Gasteiger partial charge in [0.2, 0.25) is 11.8 Å². The maximum absolute atomic E-state index is 12.6. The van der Waals surface area contributed by atoms with E-state index in [1.165, 1.54) is 0 Å². The fourth-order valence-corrected chi connectivity index (χ4v) is 2.85. The Bertz CT molecular complexity index is 833. The van der Waals surface area contributed by atoms with Gasteiger partial charge in [0.1, 0.15) is 6.04 Å². The Hall–Kier alpha value is -2.47. The second-order valence-electron chi connectivity index (χ2n) is 5.35. The molecule has 0 spiro atoms. The van der Waals surface area contributed by atoms with Crippen LogP contribution in [0.15, 0.2) is 63.5 Å². The molecule has 1 N–H and O–H groups in total. The summed E-state index contributed by atoms with van der Waals surface area (Å²) in [6.45, 7) is 1.73. The van der Waals surface area contributed by atoms with Gasteiger partial charge >= 0.3 is 0 Å². The first kappa shape index (κ1) is 16.4. The smallest absolute Gasteiger partial charge is 0.253 e. The molecule has 0 saturated carbocycles. The van der Waals surface area contributed by atoms with E-state index in [0.717, 1.165) is 10.0 Å². The Labute approximate surface area is 148 Å². The number of carbonyl (C=O) groups is 1. The van der Waals surface area contributed by atoms with E-state index in [9.17, 15) is 4.79 Å². The van der Waals surface area contributed by atoms with E-state index >= 15 is 0 Å². The van der Waals surface area contributed by atoms with Gasteiger partial charge in [0.25, 0.3) is 5.91 Å². The summed E-state index contributed by atoms with van der Waals surface area (Å²) in [7, 11) is 0. The Morgan fingerprint density at radius 2 is 1.83 bits per heavy atom. The first-order valence-electron chi connectivity index (χ1n) is 7.53. The van der Waals surface area contributed by atoms with Crippen LogP contribution in [0.25, 0.3) is 0 Å². The van der Waals surface area contributed by atoms with Crippen molar-refractivity contribution >= 4 is 21.8 Å². The molecule has 0 fully saturated rings. The van der Waals surface area contributed by atoms with Crippen LogP contribution in [-0.2, 0) is 6.42 Å². The summed E-state index contributed by atoms with van der Waals surface area (Å²) in [5.74, 6) is 0.675. The van der Waals surface area contributed by atoms with Crippen LogP contribution < -0.4 is 5.32 Å². The van der Waals surface area contributed by atoms with Crippen LogP contribution in [-0.4, -0.2) is 16.1 Å². The van der Waals surface area contributed by atoms with Crippen molar-refractivity contribution in [3.05, 3.63) is 82.0 Å². The molecular formula is C18H16BrN3O2. The van der Waals surface area contributed by atoms with Crippen LogP contribution in [0.1, 0.15) is 33.7 Å². The van der Waals surface area contributed by atoms with Gasteiger partial charge in [-0.3, -0.25) is 4.79 Å². The van der Waals surface area contributed by atoms with Gasteiger partial charge in [0, 0.05) is 17.8 Å². The van der Waals surface area contributed by atoms with Crippen molar-refractivity contribution in [3.63, 3.8) is 0 Å². The number of aryl methyl sites for hydroxylation is 1. The van der Waals surface area contributed by atoms with Crippen LogP contribution >= 0.6 is 15.9 Å². The second kappa shape index (κ2) is 7.40. The minimum atomic E-state index is -0.395. The number of hydrogen-bond donors (Lipinski definition) is 1. The Morgan fingerprint density at radius 1 is 1.12 bits per heavy atom. The predicted molar refractivity (Wildman–Crippen MR) is 93.5 cm³/mol. The molecule has 2 aromatic carbocycles. The standard InChI is InChI=1S/C18H16BrN3O2/c1-12-21-22-18(24-12)16(11-13-7-3-2-4-8-13)20-17(23)14-9-5-6-10-15(14)19/h2-10,16H,11H2,1H3,(H,20,23). The Morgan fingerprint density at radius 3 is 2.50 bits per heavy atom. The molecule has 1 heterocycles. The second-order valence-corrected chi connectivity index (χ2v) is 6.21. The summed E-state index contributed by atoms with van der Waals surface area (Å²) in [5, 5.41) is 10.9. The van der Waals surface area contributed by atoms with Crippen molar-refractivity contribution in [1.82, 2.24) is 15.5 Å². The van der Waals surface area contributed by atoms with Crippen molar-refractivity contribution < 1.29 is 9.21 Å². The van der Waals surface area contributed by atoms with Crippen molar-refractivity contribution in [1.29, 1.82) is 0 Å². The molecule has 1 atom stereocenters. The summed E-state index contributed by atoms with van der Waals surface area (Å²) in [6.07, 6.45) is 0.568. The summed E-state index contributed by atoms with van der Waals surface area (Å²) in [5.41, 5.74) is 1.64. The third kappa shape index (κ3) is 3.89. The van der Waals surface area contributed by atoms with E-state index in [4.69, 9.17) is 4.42 Å². The largest absolute Gasteiger partial charge is 0.423 e. The van der Waals surface area contributed by atoms with Crippen LogP contribution in [0.5, 0.6) is 0 Å². The number of nitrogens with zero attached hydrogens (tertiary/aromatic N) is 2. The highest BCUT2D eigenvalue weighted by molar-refractivity contribution is 9.10. The van der Waals surface area contributed by atoms with Crippen molar-refractivity contribution in [2.24, 2.45) is 0 Å². The van der Waals surface area contributed by atoms with E-state index in [2.05, 4.69) is 31.4 Å². The first-order chi connectivity index (χ1) is 11.6. The molecule has 0 radical (unpaired) electrons. The van der Waals surface area contributed by atoms with Gasteiger partial charge in [-0.2, -0.15) is 0 Å². The number of rotatable bonds is 5. The summed E-state index contributed by atoms with van der Waals surface area (Å²) >= 11 is 3.40. The molecule has 0 aliphatic heterocycles. The Balaban J connectivity index is 1.85. The molecule has 3 aromatic rings. The van der Waals surface area contributed by atoms with E-state index < -0.39 is 6.04 Å². The SMILES string of the molecule is Cc1nnc(C(Cc2ccccc2)NC(=O)c2ccccc2Br)o1. The number of carbonyl (C=O) groups excluding carboxylic acids is 1. The van der Waals surface area contributed by atoms with Gasteiger partial charge in [-0.25, -0.2) is 0 Å². The molecule has 3 rings (SSSR count). The molecule has 24 heavy (non-hydrogen) atoms. The number of halogens is 1. The number of amides is 1. The number of nitrogens with one attached hydrogen (secondary N) is 1. The van der Waals surface area contributed by atoms with Gasteiger partial charge in [-0.1, -0.05) is 42.5 Å². The average Bonchev–Trinajstić information content (AvgIpc) is 3.02. The highest BCUT2D eigenvalue weighted by atomic mass is 79.9. The summed E-state index contributed by atoms with van der Waals surface area (Å²) < 4.78 is 6.27. The van der Waals surface area contributed by atoms with Gasteiger partial charge in [0.15, 0.2) is 0 Å². The minimum absolute atomic E-state index is 0.195. The molecule has 6 heteroatoms. The molecule has 0 aliphatic rings. The van der Waals surface area contributed by atoms with Crippen LogP contribution in [0.2, 0.25) is 0 Å². The third-order valence-electron chi connectivity index (χ3n) is 3.55. The molecular weight excluding hydrogens is 370 g/mol. The van der Waals surface area contributed by atoms with Gasteiger partial charge in [-0.15, -0.1) is 10.2 Å². The van der Waals surface area contributed by atoms with Gasteiger partial charge in [0.05, 0.1) is 5.56 Å². The molecule has 5 nitrogen and oxygen atoms in total. The quantitative estimate of drug-likeness (QED) is 0.723. The molecule has 122 valence electrons. The average molecular weight is 386 g/mol. The van der Waals surface area contributed by atoms with Crippen molar-refractivity contribution in [3.8, 4) is 0 Å². The lowest BCUT2D eigenvalue weighted by atomic mass is 10.1. The highest BCUT2D eigenvalue weighted by Crippen LogP contribution is 2.21. The fourth-order valence-electron chi connectivity index (χ4n) is 2.38. The summed E-state index contributed by atoms with van der Waals surface area (Å²) in [6, 6.07) is 16.8. The lowest BCUT2D eigenvalue weighted by Gasteiger charge is -2.16. The number of benzene rings is 2. The minimum Gasteiger partial charge on any atom is -0.423 e. The van der Waals surface area contributed by atoms with Crippen LogP contribution in [0.4, 0.5) is 0 Å². The lowest BCUT2D eigenvalue weighted by Crippen LogP contribution is -2.30. The summed E-state index contributed by atoms with van der Waals surface area (Å²) in [4.78, 5) is 12.6. The third-order valence-corrected chi connectivity index (χ3v) is 4.24. The highest BCUT2D eigenvalue weighted by Gasteiger charge is 2.22. The van der Waals surface area contributed by atoms with E-state index in [1.807, 2.05) is 48.5 Å². The van der Waals surface area contributed by atoms with Crippen LogP contribution in [0.3, 0.4) is 0 Å². The van der Waals surface area contributed by atoms with E-state index in [-0.39, 0.29) is 5.91 Å². The monoisotopic (exact) mass is 385 g/mol. The zero-order chi connectivity index (χ0) is 16.9. The zero-order valence-electron chi connectivity index (χ0n) is 13.1. The molecule has 1 unspecified atom stereocenters. The number of hydrogen-bond acceptors (Lipinski definition) is 4. The van der Waals surface area contributed by atoms with Gasteiger partial charge in [-0.05, 0) is 33.6 Å². The van der Waals surface area contributed by atoms with Crippen LogP contribution in [0, 0.1) is 6.92 Å². The molecule has 1 amide bonds. The zero-order valence-corrected chi connectivity index (χ0v) is 14.7. The van der Waals surface area contributed by atoms with Crippen molar-refractivity contribution in [2.45, 2.75) is 19.4 Å². The van der Waals surface area contributed by atoms with E-state index in [1.54, 1.807) is 13.0 Å². The first-order valence-corrected chi connectivity index (χ1v) is 8.32. The van der Waals surface area contributed by atoms with Gasteiger partial charge < -0.3 is 9.73 Å². The van der Waals surface area contributed by atoms with E-state index in [0.29, 0.717) is 23.8 Å². The topological polar surface area (TPSA) is 68.0 Å².